The van der Waals surface area contributed by atoms with Crippen molar-refractivity contribution in [3.63, 3.8) is 0 Å². The first-order valence-corrected chi connectivity index (χ1v) is 21.3. The quantitative estimate of drug-likeness (QED) is 0.163. The fourth-order valence-corrected chi connectivity index (χ4v) is 10.7. The summed E-state index contributed by atoms with van der Waals surface area (Å²) in [6, 6.07) is 68.9. The van der Waals surface area contributed by atoms with E-state index in [2.05, 4.69) is 196 Å². The van der Waals surface area contributed by atoms with Gasteiger partial charge in [-0.25, -0.2) is 0 Å². The molecule has 0 saturated heterocycles. The SMILES string of the molecule is CC1(C)c2ccccc2-c2ccc(-c3c4ccccc4c(-c4ccc(-c5nnc(-c6ccccc6)n5-c5ccccc5)cc4)c4cc5c(cc34)C(C)(C)c3ccccc3-5)cc21. The summed E-state index contributed by atoms with van der Waals surface area (Å²) in [6.45, 7) is 9.52. The van der Waals surface area contributed by atoms with Crippen LogP contribution in [0.25, 0.3) is 94.5 Å². The minimum Gasteiger partial charge on any atom is -0.275 e. The van der Waals surface area contributed by atoms with Crippen LogP contribution in [-0.4, -0.2) is 14.8 Å². The molecule has 0 spiro atoms. The normalized spacial score (nSPS) is 14.2. The Morgan fingerprint density at radius 1 is 0.328 bits per heavy atom. The highest BCUT2D eigenvalue weighted by atomic mass is 15.3. The van der Waals surface area contributed by atoms with Crippen molar-refractivity contribution in [2.24, 2.45) is 0 Å². The van der Waals surface area contributed by atoms with Crippen molar-refractivity contribution >= 4 is 21.5 Å². The first-order valence-electron chi connectivity index (χ1n) is 21.3. The summed E-state index contributed by atoms with van der Waals surface area (Å²) in [7, 11) is 0. The van der Waals surface area contributed by atoms with Gasteiger partial charge in [0.25, 0.3) is 0 Å². The predicted octanol–water partition coefficient (Wildman–Crippen LogP) is 14.9. The molecule has 0 aliphatic heterocycles. The molecule has 0 bridgehead atoms. The van der Waals surface area contributed by atoms with E-state index in [9.17, 15) is 0 Å². The highest BCUT2D eigenvalue weighted by Gasteiger charge is 2.38. The largest absolute Gasteiger partial charge is 0.275 e. The maximum Gasteiger partial charge on any atom is 0.168 e. The van der Waals surface area contributed by atoms with Gasteiger partial charge in [-0.3, -0.25) is 4.57 Å². The van der Waals surface area contributed by atoms with Gasteiger partial charge in [0.2, 0.25) is 0 Å². The first-order chi connectivity index (χ1) is 29.8. The molecular weight excluding hydrogens is 739 g/mol. The lowest BCUT2D eigenvalue weighted by Gasteiger charge is -2.25. The van der Waals surface area contributed by atoms with Gasteiger partial charge in [0.15, 0.2) is 11.6 Å². The third-order valence-corrected chi connectivity index (χ3v) is 13.7. The summed E-state index contributed by atoms with van der Waals surface area (Å²) in [5.41, 5.74) is 18.6. The average Bonchev–Trinajstić information content (AvgIpc) is 3.92. The molecule has 9 aromatic carbocycles. The van der Waals surface area contributed by atoms with E-state index >= 15 is 0 Å². The molecule has 1 aromatic heterocycles. The minimum absolute atomic E-state index is 0.104. The van der Waals surface area contributed by atoms with Crippen molar-refractivity contribution < 1.29 is 0 Å². The molecule has 10 aromatic rings. The highest BCUT2D eigenvalue weighted by molar-refractivity contribution is 6.22. The van der Waals surface area contributed by atoms with Gasteiger partial charge in [-0.05, 0) is 119 Å². The smallest absolute Gasteiger partial charge is 0.168 e. The summed E-state index contributed by atoms with van der Waals surface area (Å²) in [5, 5.41) is 14.6. The van der Waals surface area contributed by atoms with E-state index in [-0.39, 0.29) is 10.8 Å². The molecule has 12 rings (SSSR count). The number of hydrogen-bond donors (Lipinski definition) is 0. The molecule has 61 heavy (non-hydrogen) atoms. The number of rotatable bonds is 5. The van der Waals surface area contributed by atoms with Gasteiger partial charge in [0.1, 0.15) is 0 Å². The van der Waals surface area contributed by atoms with E-state index in [1.165, 1.54) is 88.3 Å². The van der Waals surface area contributed by atoms with E-state index in [0.717, 1.165) is 28.5 Å². The van der Waals surface area contributed by atoms with Crippen LogP contribution in [0.1, 0.15) is 49.9 Å². The topological polar surface area (TPSA) is 30.7 Å². The lowest BCUT2D eigenvalue weighted by atomic mass is 9.78. The van der Waals surface area contributed by atoms with Gasteiger partial charge >= 0.3 is 0 Å². The van der Waals surface area contributed by atoms with Gasteiger partial charge in [-0.2, -0.15) is 0 Å². The Morgan fingerprint density at radius 2 is 0.770 bits per heavy atom. The summed E-state index contributed by atoms with van der Waals surface area (Å²) < 4.78 is 2.17. The van der Waals surface area contributed by atoms with Gasteiger partial charge in [-0.1, -0.05) is 185 Å². The number of hydrogen-bond acceptors (Lipinski definition) is 2. The fraction of sp³-hybridized carbons (Fsp3) is 0.103. The van der Waals surface area contributed by atoms with Crippen LogP contribution in [0.2, 0.25) is 0 Å². The lowest BCUT2D eigenvalue weighted by Crippen LogP contribution is -2.15. The number of para-hydroxylation sites is 1. The van der Waals surface area contributed by atoms with Crippen LogP contribution in [0.3, 0.4) is 0 Å². The molecule has 1 heterocycles. The second kappa shape index (κ2) is 13.1. The molecule has 0 radical (unpaired) electrons. The van der Waals surface area contributed by atoms with E-state index in [1.54, 1.807) is 0 Å². The monoisotopic (exact) mass is 781 g/mol. The Bertz CT molecular complexity index is 3390. The van der Waals surface area contributed by atoms with Crippen molar-refractivity contribution in [1.29, 1.82) is 0 Å². The average molecular weight is 782 g/mol. The van der Waals surface area contributed by atoms with Crippen molar-refractivity contribution in [3.8, 4) is 73.0 Å². The molecule has 2 aliphatic rings. The van der Waals surface area contributed by atoms with Crippen LogP contribution >= 0.6 is 0 Å². The zero-order chi connectivity index (χ0) is 41.0. The Morgan fingerprint density at radius 3 is 1.41 bits per heavy atom. The van der Waals surface area contributed by atoms with E-state index in [0.29, 0.717) is 0 Å². The molecule has 0 atom stereocenters. The third kappa shape index (κ3) is 5.17. The molecule has 0 amide bonds. The maximum absolute atomic E-state index is 4.82. The van der Waals surface area contributed by atoms with Gasteiger partial charge in [0, 0.05) is 27.6 Å². The Labute approximate surface area is 356 Å². The molecular formula is C58H43N3. The summed E-state index contributed by atoms with van der Waals surface area (Å²) in [6.07, 6.45) is 0. The zero-order valence-corrected chi connectivity index (χ0v) is 34.7. The second-order valence-electron chi connectivity index (χ2n) is 17.8. The molecule has 0 fully saturated rings. The van der Waals surface area contributed by atoms with Crippen LogP contribution in [0.5, 0.6) is 0 Å². The molecule has 0 unspecified atom stereocenters. The lowest BCUT2D eigenvalue weighted by molar-refractivity contribution is 0.660. The van der Waals surface area contributed by atoms with Crippen molar-refractivity contribution in [2.75, 3.05) is 0 Å². The van der Waals surface area contributed by atoms with Crippen molar-refractivity contribution in [2.45, 2.75) is 38.5 Å². The third-order valence-electron chi connectivity index (χ3n) is 13.7. The fourth-order valence-electron chi connectivity index (χ4n) is 10.7. The maximum atomic E-state index is 4.82. The summed E-state index contributed by atoms with van der Waals surface area (Å²) in [5.74, 6) is 1.62. The molecule has 0 N–H and O–H groups in total. The summed E-state index contributed by atoms with van der Waals surface area (Å²) in [4.78, 5) is 0. The number of aromatic nitrogens is 3. The van der Waals surface area contributed by atoms with Gasteiger partial charge < -0.3 is 0 Å². The number of fused-ring (bicyclic) bond motifs is 8. The Kier molecular flexibility index (Phi) is 7.62. The standard InChI is InChI=1S/C58H43N3/c1-57(2)49-25-15-13-21-41(49)43-32-31-39(33-51(43)57)54-45-24-12-11-23-44(45)53(47-34-46-42-22-14-16-26-50(42)58(3,4)52(46)35-48(47)54)36-27-29-38(30-28-36)56-60-59-55(37-17-7-5-8-18-37)61(56)40-19-9-6-10-20-40/h5-35H,1-4H3. The first kappa shape index (κ1) is 35.6. The molecule has 290 valence electrons. The Balaban J connectivity index is 1.10. The van der Waals surface area contributed by atoms with Crippen LogP contribution in [0.4, 0.5) is 0 Å². The molecule has 0 saturated carbocycles. The van der Waals surface area contributed by atoms with Crippen LogP contribution in [0, 0.1) is 0 Å². The van der Waals surface area contributed by atoms with Crippen LogP contribution in [0.15, 0.2) is 188 Å². The van der Waals surface area contributed by atoms with Crippen LogP contribution in [-0.2, 0) is 10.8 Å². The Hall–Kier alpha value is -7.36. The molecule has 3 heteroatoms. The summed E-state index contributed by atoms with van der Waals surface area (Å²) >= 11 is 0. The van der Waals surface area contributed by atoms with E-state index < -0.39 is 0 Å². The van der Waals surface area contributed by atoms with E-state index in [4.69, 9.17) is 10.2 Å². The minimum atomic E-state index is -0.139. The predicted molar refractivity (Wildman–Crippen MR) is 253 cm³/mol. The van der Waals surface area contributed by atoms with Crippen molar-refractivity contribution in [3.05, 3.63) is 210 Å². The van der Waals surface area contributed by atoms with Gasteiger partial charge in [-0.15, -0.1) is 10.2 Å². The zero-order valence-electron chi connectivity index (χ0n) is 34.7. The second-order valence-corrected chi connectivity index (χ2v) is 17.8. The number of nitrogens with zero attached hydrogens (tertiary/aromatic N) is 3. The van der Waals surface area contributed by atoms with Crippen LogP contribution < -0.4 is 0 Å². The van der Waals surface area contributed by atoms with E-state index in [1.807, 2.05) is 24.3 Å². The molecule has 2 aliphatic carbocycles. The number of benzene rings is 9. The van der Waals surface area contributed by atoms with Gasteiger partial charge in [0.05, 0.1) is 0 Å². The van der Waals surface area contributed by atoms with Crippen molar-refractivity contribution in [1.82, 2.24) is 14.8 Å². The highest BCUT2D eigenvalue weighted by Crippen LogP contribution is 2.55. The molecule has 3 nitrogen and oxygen atoms in total.